The van der Waals surface area contributed by atoms with Gasteiger partial charge in [0.25, 0.3) is 0 Å². The van der Waals surface area contributed by atoms with Crippen molar-refractivity contribution >= 4 is 22.2 Å². The van der Waals surface area contributed by atoms with Gasteiger partial charge in [-0.2, -0.15) is 0 Å². The number of aromatic nitrogens is 3. The highest BCUT2D eigenvalue weighted by atomic mass is 32.1. The molecule has 21 heavy (non-hydrogen) atoms. The Morgan fingerprint density at radius 1 is 1.10 bits per heavy atom. The van der Waals surface area contributed by atoms with Gasteiger partial charge in [-0.3, -0.25) is 9.97 Å². The lowest BCUT2D eigenvalue weighted by molar-refractivity contribution is 0.174. The molecule has 4 rings (SSSR count). The minimum absolute atomic E-state index is 0.271. The molecule has 1 aromatic carbocycles. The zero-order valence-electron chi connectivity index (χ0n) is 10.8. The summed E-state index contributed by atoms with van der Waals surface area (Å²) in [4.78, 5) is 12.8. The zero-order valence-corrected chi connectivity index (χ0v) is 11.6. The molecule has 6 nitrogen and oxygen atoms in total. The Morgan fingerprint density at radius 3 is 2.95 bits per heavy atom. The summed E-state index contributed by atoms with van der Waals surface area (Å²) in [7, 11) is 0. The molecule has 104 valence electrons. The van der Waals surface area contributed by atoms with Gasteiger partial charge in [0.05, 0.1) is 6.20 Å². The number of fused-ring (bicyclic) bond motifs is 1. The Bertz CT molecular complexity index is 776. The largest absolute Gasteiger partial charge is 0.454 e. The van der Waals surface area contributed by atoms with Crippen LogP contribution in [0.25, 0.3) is 11.4 Å². The Hall–Kier alpha value is -2.67. The summed E-state index contributed by atoms with van der Waals surface area (Å²) in [5.41, 5.74) is 2.46. The second-order valence-electron chi connectivity index (χ2n) is 4.32. The smallest absolute Gasteiger partial charge is 0.231 e. The molecule has 0 amide bonds. The van der Waals surface area contributed by atoms with Crippen LogP contribution in [0.2, 0.25) is 0 Å². The number of anilines is 2. The Labute approximate surface area is 124 Å². The molecule has 3 aromatic rings. The minimum Gasteiger partial charge on any atom is -0.454 e. The second kappa shape index (κ2) is 5.02. The molecule has 1 N–H and O–H groups in total. The number of thiazole rings is 1. The molecule has 1 aliphatic rings. The van der Waals surface area contributed by atoms with E-state index in [0.717, 1.165) is 33.7 Å². The summed E-state index contributed by atoms with van der Waals surface area (Å²) in [6, 6.07) is 5.70. The van der Waals surface area contributed by atoms with E-state index in [4.69, 9.17) is 9.47 Å². The van der Waals surface area contributed by atoms with Gasteiger partial charge in [0.15, 0.2) is 16.6 Å². The lowest BCUT2D eigenvalue weighted by Crippen LogP contribution is -1.93. The van der Waals surface area contributed by atoms with Crippen LogP contribution < -0.4 is 14.8 Å². The van der Waals surface area contributed by atoms with Gasteiger partial charge in [-0.1, -0.05) is 0 Å². The van der Waals surface area contributed by atoms with Crippen molar-refractivity contribution in [3.05, 3.63) is 42.2 Å². The molecule has 0 unspecified atom stereocenters. The predicted molar refractivity (Wildman–Crippen MR) is 79.0 cm³/mol. The van der Waals surface area contributed by atoms with Crippen LogP contribution in [0.15, 0.2) is 42.2 Å². The van der Waals surface area contributed by atoms with Crippen molar-refractivity contribution in [2.75, 3.05) is 12.1 Å². The van der Waals surface area contributed by atoms with Crippen molar-refractivity contribution in [1.29, 1.82) is 0 Å². The van der Waals surface area contributed by atoms with Crippen molar-refractivity contribution in [2.24, 2.45) is 0 Å². The van der Waals surface area contributed by atoms with Crippen LogP contribution in [-0.2, 0) is 0 Å². The van der Waals surface area contributed by atoms with E-state index in [0.29, 0.717) is 0 Å². The van der Waals surface area contributed by atoms with Crippen molar-refractivity contribution in [3.63, 3.8) is 0 Å². The van der Waals surface area contributed by atoms with Crippen LogP contribution in [0.3, 0.4) is 0 Å². The molecule has 0 aliphatic carbocycles. The fourth-order valence-electron chi connectivity index (χ4n) is 1.98. The molecule has 0 fully saturated rings. The fourth-order valence-corrected chi connectivity index (χ4v) is 2.70. The van der Waals surface area contributed by atoms with E-state index in [1.165, 1.54) is 11.3 Å². The van der Waals surface area contributed by atoms with Gasteiger partial charge in [-0.05, 0) is 12.1 Å². The lowest BCUT2D eigenvalue weighted by atomic mass is 10.3. The summed E-state index contributed by atoms with van der Waals surface area (Å²) in [6.07, 6.45) is 4.99. The number of rotatable bonds is 3. The van der Waals surface area contributed by atoms with Crippen LogP contribution in [0.5, 0.6) is 11.5 Å². The molecule has 1 aliphatic heterocycles. The quantitative estimate of drug-likeness (QED) is 0.801. The van der Waals surface area contributed by atoms with E-state index in [1.54, 1.807) is 18.6 Å². The van der Waals surface area contributed by atoms with Crippen molar-refractivity contribution in [3.8, 4) is 22.9 Å². The normalized spacial score (nSPS) is 12.4. The van der Waals surface area contributed by atoms with Gasteiger partial charge in [-0.15, -0.1) is 11.3 Å². The van der Waals surface area contributed by atoms with Gasteiger partial charge in [-0.25, -0.2) is 4.98 Å². The summed E-state index contributed by atoms with van der Waals surface area (Å²) < 4.78 is 10.6. The maximum Gasteiger partial charge on any atom is 0.231 e. The third-order valence-electron chi connectivity index (χ3n) is 2.95. The van der Waals surface area contributed by atoms with E-state index >= 15 is 0 Å². The standard InChI is InChI=1S/C14H10N4O2S/c1-2-12-13(20-8-19-12)5-9(1)17-14-18-11(7-21-14)10-6-15-3-4-16-10/h1-7H,8H2,(H,17,18). The Morgan fingerprint density at radius 2 is 2.05 bits per heavy atom. The molecule has 2 aromatic heterocycles. The highest BCUT2D eigenvalue weighted by Gasteiger charge is 2.14. The first kappa shape index (κ1) is 12.1. The predicted octanol–water partition coefficient (Wildman–Crippen LogP) is 3.07. The molecule has 0 saturated carbocycles. The van der Waals surface area contributed by atoms with Gasteiger partial charge in [0, 0.05) is 29.5 Å². The summed E-state index contributed by atoms with van der Waals surface area (Å²) in [5.74, 6) is 1.51. The molecule has 0 spiro atoms. The van der Waals surface area contributed by atoms with E-state index < -0.39 is 0 Å². The van der Waals surface area contributed by atoms with Gasteiger partial charge < -0.3 is 14.8 Å². The first-order valence-corrected chi connectivity index (χ1v) is 7.15. The second-order valence-corrected chi connectivity index (χ2v) is 5.18. The monoisotopic (exact) mass is 298 g/mol. The fraction of sp³-hybridized carbons (Fsp3) is 0.0714. The maximum atomic E-state index is 5.35. The number of benzene rings is 1. The van der Waals surface area contributed by atoms with E-state index in [-0.39, 0.29) is 6.79 Å². The SMILES string of the molecule is c1cnc(-c2csc(Nc3ccc4c(c3)OCO4)n2)cn1. The highest BCUT2D eigenvalue weighted by molar-refractivity contribution is 7.14. The van der Waals surface area contributed by atoms with Crippen LogP contribution in [0.4, 0.5) is 10.8 Å². The minimum atomic E-state index is 0.271. The average molecular weight is 298 g/mol. The van der Waals surface area contributed by atoms with E-state index in [9.17, 15) is 0 Å². The Kier molecular flexibility index (Phi) is 2.89. The van der Waals surface area contributed by atoms with Crippen LogP contribution in [0, 0.1) is 0 Å². The van der Waals surface area contributed by atoms with Crippen LogP contribution in [-0.4, -0.2) is 21.7 Å². The molecule has 0 saturated heterocycles. The van der Waals surface area contributed by atoms with Crippen LogP contribution in [0.1, 0.15) is 0 Å². The van der Waals surface area contributed by atoms with Crippen molar-refractivity contribution in [2.45, 2.75) is 0 Å². The van der Waals surface area contributed by atoms with Crippen molar-refractivity contribution in [1.82, 2.24) is 15.0 Å². The highest BCUT2D eigenvalue weighted by Crippen LogP contribution is 2.35. The zero-order chi connectivity index (χ0) is 14.1. The number of nitrogens with one attached hydrogen (secondary N) is 1. The number of ether oxygens (including phenoxy) is 2. The lowest BCUT2D eigenvalue weighted by Gasteiger charge is -2.03. The summed E-state index contributed by atoms with van der Waals surface area (Å²) in [6.45, 7) is 0.271. The first-order valence-electron chi connectivity index (χ1n) is 6.27. The molecular formula is C14H10N4O2S. The molecule has 3 heterocycles. The topological polar surface area (TPSA) is 69.2 Å². The molecular weight excluding hydrogens is 288 g/mol. The molecule has 0 atom stereocenters. The van der Waals surface area contributed by atoms with E-state index in [1.807, 2.05) is 23.6 Å². The third-order valence-corrected chi connectivity index (χ3v) is 3.71. The number of nitrogens with zero attached hydrogens (tertiary/aromatic N) is 3. The molecule has 0 radical (unpaired) electrons. The molecule has 0 bridgehead atoms. The average Bonchev–Trinajstić information content (AvgIpc) is 3.17. The first-order chi connectivity index (χ1) is 10.4. The number of hydrogen-bond donors (Lipinski definition) is 1. The van der Waals surface area contributed by atoms with Gasteiger partial charge in [0.1, 0.15) is 11.4 Å². The maximum absolute atomic E-state index is 5.35. The summed E-state index contributed by atoms with van der Waals surface area (Å²) >= 11 is 1.51. The van der Waals surface area contributed by atoms with Crippen LogP contribution >= 0.6 is 11.3 Å². The van der Waals surface area contributed by atoms with E-state index in [2.05, 4.69) is 20.3 Å². The van der Waals surface area contributed by atoms with Gasteiger partial charge in [0.2, 0.25) is 6.79 Å². The third kappa shape index (κ3) is 2.38. The summed E-state index contributed by atoms with van der Waals surface area (Å²) in [5, 5.41) is 5.98. The number of hydrogen-bond acceptors (Lipinski definition) is 7. The van der Waals surface area contributed by atoms with Gasteiger partial charge >= 0.3 is 0 Å². The molecule has 7 heteroatoms. The Balaban J connectivity index is 1.57. The van der Waals surface area contributed by atoms with Crippen molar-refractivity contribution < 1.29 is 9.47 Å².